The standard InChI is InChI=1S/C34H37N3O8/c1-22(35-31(39)25-15-16-28(42-2)29(18-25)43-20-23-10-5-3-6-11-23)33(41)37-17-9-14-27(37)32(40)36-26-19-30(38)45-34(26)44-21-24-12-7-4-8-13-24/h3-8,10-13,15-16,18,22,26-27,34H,9,14,17,19-21H2,1-2H3,(H,35,39)(H,36,40)/t22-,26-,27-,34?/m0/s1. The Labute approximate surface area is 261 Å². The van der Waals surface area contributed by atoms with Crippen LogP contribution < -0.4 is 20.1 Å². The first-order valence-corrected chi connectivity index (χ1v) is 14.9. The first-order valence-electron chi connectivity index (χ1n) is 14.9. The average Bonchev–Trinajstić information content (AvgIpc) is 3.69. The number of methoxy groups -OCH3 is 1. The van der Waals surface area contributed by atoms with Crippen molar-refractivity contribution in [3.63, 3.8) is 0 Å². The van der Waals surface area contributed by atoms with E-state index < -0.39 is 42.2 Å². The van der Waals surface area contributed by atoms with Crippen LogP contribution in [0.5, 0.6) is 11.5 Å². The Balaban J connectivity index is 1.17. The topological polar surface area (TPSA) is 132 Å². The summed E-state index contributed by atoms with van der Waals surface area (Å²) in [6.45, 7) is 2.45. The highest BCUT2D eigenvalue weighted by Crippen LogP contribution is 2.29. The molecule has 0 aromatic heterocycles. The Morgan fingerprint density at radius 3 is 2.33 bits per heavy atom. The van der Waals surface area contributed by atoms with Crippen molar-refractivity contribution < 1.29 is 38.1 Å². The van der Waals surface area contributed by atoms with E-state index in [0.717, 1.165) is 11.1 Å². The number of amides is 3. The number of nitrogens with one attached hydrogen (secondary N) is 2. The lowest BCUT2D eigenvalue weighted by atomic mass is 10.1. The Morgan fingerprint density at radius 1 is 0.956 bits per heavy atom. The first-order chi connectivity index (χ1) is 21.8. The molecule has 2 aliphatic heterocycles. The fourth-order valence-electron chi connectivity index (χ4n) is 5.40. The summed E-state index contributed by atoms with van der Waals surface area (Å²) in [5.74, 6) is -0.856. The van der Waals surface area contributed by atoms with E-state index in [1.54, 1.807) is 25.1 Å². The van der Waals surface area contributed by atoms with Crippen LogP contribution in [0.4, 0.5) is 0 Å². The molecule has 2 heterocycles. The molecular formula is C34H37N3O8. The molecule has 11 heteroatoms. The zero-order valence-electron chi connectivity index (χ0n) is 25.3. The van der Waals surface area contributed by atoms with Crippen molar-refractivity contribution >= 4 is 23.7 Å². The summed E-state index contributed by atoms with van der Waals surface area (Å²) < 4.78 is 22.4. The highest BCUT2D eigenvalue weighted by molar-refractivity contribution is 5.99. The van der Waals surface area contributed by atoms with Crippen LogP contribution in [0.25, 0.3) is 0 Å². The van der Waals surface area contributed by atoms with Crippen molar-refractivity contribution in [3.8, 4) is 11.5 Å². The monoisotopic (exact) mass is 615 g/mol. The van der Waals surface area contributed by atoms with E-state index in [0.29, 0.717) is 36.4 Å². The minimum absolute atomic E-state index is 0.0305. The summed E-state index contributed by atoms with van der Waals surface area (Å²) in [7, 11) is 1.52. The third-order valence-corrected chi connectivity index (χ3v) is 7.77. The van der Waals surface area contributed by atoms with Crippen molar-refractivity contribution in [3.05, 3.63) is 95.6 Å². The molecule has 4 atom stereocenters. The molecule has 0 radical (unpaired) electrons. The van der Waals surface area contributed by atoms with E-state index in [4.69, 9.17) is 18.9 Å². The predicted octanol–water partition coefficient (Wildman–Crippen LogP) is 3.36. The number of esters is 1. The lowest BCUT2D eigenvalue weighted by molar-refractivity contribution is -0.168. The lowest BCUT2D eigenvalue weighted by Gasteiger charge is -2.28. The maximum atomic E-state index is 13.4. The largest absolute Gasteiger partial charge is 0.493 e. The van der Waals surface area contributed by atoms with Gasteiger partial charge in [-0.05, 0) is 49.1 Å². The van der Waals surface area contributed by atoms with Crippen LogP contribution in [0.2, 0.25) is 0 Å². The SMILES string of the molecule is COc1ccc(C(=O)N[C@@H](C)C(=O)N2CCC[C@H]2C(=O)N[C@H]2CC(=O)OC2OCc2ccccc2)cc1OCc1ccccc1. The summed E-state index contributed by atoms with van der Waals surface area (Å²) in [4.78, 5) is 53.5. The van der Waals surface area contributed by atoms with Crippen LogP contribution >= 0.6 is 0 Å². The number of ether oxygens (including phenoxy) is 4. The van der Waals surface area contributed by atoms with E-state index in [-0.39, 0.29) is 25.5 Å². The Morgan fingerprint density at radius 2 is 1.64 bits per heavy atom. The third-order valence-electron chi connectivity index (χ3n) is 7.77. The second kappa shape index (κ2) is 14.7. The maximum absolute atomic E-state index is 13.4. The van der Waals surface area contributed by atoms with E-state index in [9.17, 15) is 19.2 Å². The highest BCUT2D eigenvalue weighted by Gasteiger charge is 2.41. The molecule has 11 nitrogen and oxygen atoms in total. The van der Waals surface area contributed by atoms with Gasteiger partial charge in [0.1, 0.15) is 24.7 Å². The molecule has 2 fully saturated rings. The van der Waals surface area contributed by atoms with Crippen molar-refractivity contribution in [2.45, 2.75) is 63.8 Å². The fraction of sp³-hybridized carbons (Fsp3) is 0.353. The molecule has 3 aromatic carbocycles. The summed E-state index contributed by atoms with van der Waals surface area (Å²) in [5, 5.41) is 5.60. The summed E-state index contributed by atoms with van der Waals surface area (Å²) >= 11 is 0. The maximum Gasteiger partial charge on any atom is 0.310 e. The van der Waals surface area contributed by atoms with E-state index in [1.807, 2.05) is 60.7 Å². The average molecular weight is 616 g/mol. The zero-order chi connectivity index (χ0) is 31.8. The summed E-state index contributed by atoms with van der Waals surface area (Å²) in [6.07, 6.45) is 0.114. The van der Waals surface area contributed by atoms with Gasteiger partial charge in [0.2, 0.25) is 18.1 Å². The highest BCUT2D eigenvalue weighted by atomic mass is 16.7. The van der Waals surface area contributed by atoms with Crippen LogP contribution in [-0.4, -0.2) is 66.7 Å². The second-order valence-corrected chi connectivity index (χ2v) is 11.0. The van der Waals surface area contributed by atoms with E-state index >= 15 is 0 Å². The Bertz CT molecular complexity index is 1500. The molecule has 2 saturated heterocycles. The van der Waals surface area contributed by atoms with Gasteiger partial charge in [-0.25, -0.2) is 0 Å². The predicted molar refractivity (Wildman–Crippen MR) is 163 cm³/mol. The van der Waals surface area contributed by atoms with Gasteiger partial charge >= 0.3 is 5.97 Å². The molecule has 5 rings (SSSR count). The minimum atomic E-state index is -0.934. The van der Waals surface area contributed by atoms with Crippen LogP contribution in [0.15, 0.2) is 78.9 Å². The van der Waals surface area contributed by atoms with Gasteiger partial charge in [-0.15, -0.1) is 0 Å². The molecule has 45 heavy (non-hydrogen) atoms. The number of cyclic esters (lactones) is 1. The Hall–Kier alpha value is -4.90. The van der Waals surface area contributed by atoms with Crippen molar-refractivity contribution in [2.75, 3.05) is 13.7 Å². The normalized spacial score (nSPS) is 19.8. The molecule has 2 N–H and O–H groups in total. The van der Waals surface area contributed by atoms with Gasteiger partial charge in [-0.3, -0.25) is 19.2 Å². The quantitative estimate of drug-likeness (QED) is 0.297. The molecule has 0 bridgehead atoms. The molecular weight excluding hydrogens is 578 g/mol. The first kappa shape index (κ1) is 31.5. The molecule has 0 spiro atoms. The van der Waals surface area contributed by atoms with Crippen LogP contribution in [0.3, 0.4) is 0 Å². The number of nitrogens with zero attached hydrogens (tertiary/aromatic N) is 1. The Kier molecular flexibility index (Phi) is 10.3. The van der Waals surface area contributed by atoms with Crippen LogP contribution in [0, 0.1) is 0 Å². The molecule has 3 aromatic rings. The molecule has 3 amide bonds. The van der Waals surface area contributed by atoms with Gasteiger partial charge in [0, 0.05) is 12.1 Å². The number of carbonyl (C=O) groups excluding carboxylic acids is 4. The summed E-state index contributed by atoms with van der Waals surface area (Å²) in [6, 6.07) is 21.5. The number of carbonyl (C=O) groups is 4. The second-order valence-electron chi connectivity index (χ2n) is 11.0. The minimum Gasteiger partial charge on any atom is -0.493 e. The number of rotatable bonds is 12. The van der Waals surface area contributed by atoms with Crippen molar-refractivity contribution in [2.24, 2.45) is 0 Å². The summed E-state index contributed by atoms with van der Waals surface area (Å²) in [5.41, 5.74) is 2.15. The molecule has 236 valence electrons. The van der Waals surface area contributed by atoms with Gasteiger partial charge in [-0.2, -0.15) is 0 Å². The van der Waals surface area contributed by atoms with Gasteiger partial charge in [0.15, 0.2) is 11.5 Å². The molecule has 1 unspecified atom stereocenters. The molecule has 0 saturated carbocycles. The van der Waals surface area contributed by atoms with Crippen molar-refractivity contribution in [1.29, 1.82) is 0 Å². The number of hydrogen-bond acceptors (Lipinski definition) is 8. The molecule has 2 aliphatic rings. The third kappa shape index (κ3) is 7.98. The van der Waals surface area contributed by atoms with Crippen LogP contribution in [0.1, 0.15) is 47.7 Å². The molecule has 0 aliphatic carbocycles. The van der Waals surface area contributed by atoms with Crippen molar-refractivity contribution in [1.82, 2.24) is 15.5 Å². The van der Waals surface area contributed by atoms with Gasteiger partial charge < -0.3 is 34.5 Å². The van der Waals surface area contributed by atoms with E-state index in [2.05, 4.69) is 10.6 Å². The van der Waals surface area contributed by atoms with Gasteiger partial charge in [0.05, 0.1) is 20.1 Å². The van der Waals surface area contributed by atoms with Gasteiger partial charge in [0.25, 0.3) is 5.91 Å². The smallest absolute Gasteiger partial charge is 0.310 e. The number of hydrogen-bond donors (Lipinski definition) is 2. The number of benzene rings is 3. The van der Waals surface area contributed by atoms with Gasteiger partial charge in [-0.1, -0.05) is 60.7 Å². The fourth-order valence-corrected chi connectivity index (χ4v) is 5.40. The lowest BCUT2D eigenvalue weighted by Crippen LogP contribution is -2.54. The van der Waals surface area contributed by atoms with Crippen LogP contribution in [-0.2, 0) is 37.1 Å². The number of likely N-dealkylation sites (tertiary alicyclic amines) is 1. The van der Waals surface area contributed by atoms with E-state index in [1.165, 1.54) is 12.0 Å². The zero-order valence-corrected chi connectivity index (χ0v) is 25.3.